The van der Waals surface area contributed by atoms with Gasteiger partial charge in [-0.25, -0.2) is 0 Å². The summed E-state index contributed by atoms with van der Waals surface area (Å²) in [5.41, 5.74) is 0.420. The molecule has 0 aliphatic carbocycles. The van der Waals surface area contributed by atoms with Crippen LogP contribution in [0.1, 0.15) is 35.8 Å². The van der Waals surface area contributed by atoms with E-state index in [4.69, 9.17) is 0 Å². The van der Waals surface area contributed by atoms with Crippen molar-refractivity contribution in [3.05, 3.63) is 65.5 Å². The van der Waals surface area contributed by atoms with Crippen molar-refractivity contribution in [2.75, 3.05) is 6.54 Å². The molecule has 2 aromatic rings. The number of pyridine rings is 1. The Labute approximate surface area is 126 Å². The fourth-order valence-electron chi connectivity index (χ4n) is 2.08. The van der Waals surface area contributed by atoms with E-state index in [0.29, 0.717) is 0 Å². The van der Waals surface area contributed by atoms with Crippen molar-refractivity contribution in [3.63, 3.8) is 0 Å². The average Bonchev–Trinajstić information content (AvgIpc) is 2.52. The number of alkyl halides is 3. The number of nitrogens with one attached hydrogen (secondary N) is 1. The van der Waals surface area contributed by atoms with Crippen molar-refractivity contribution in [3.8, 4) is 0 Å². The molecule has 3 nitrogen and oxygen atoms in total. The predicted octanol–water partition coefficient (Wildman–Crippen LogP) is 3.48. The summed E-state index contributed by atoms with van der Waals surface area (Å²) in [6.07, 6.45) is -2.06. The topological polar surface area (TPSA) is 45.1 Å². The normalized spacial score (nSPS) is 14.6. The summed E-state index contributed by atoms with van der Waals surface area (Å²) in [4.78, 5) is 4.00. The van der Waals surface area contributed by atoms with E-state index in [1.54, 1.807) is 18.5 Å². The molecule has 6 heteroatoms. The highest BCUT2D eigenvalue weighted by atomic mass is 19.4. The van der Waals surface area contributed by atoms with Crippen LogP contribution in [0.5, 0.6) is 0 Å². The van der Waals surface area contributed by atoms with E-state index in [1.807, 2.05) is 13.0 Å². The molecule has 0 radical (unpaired) electrons. The molecule has 118 valence electrons. The van der Waals surface area contributed by atoms with Crippen LogP contribution in [0.25, 0.3) is 0 Å². The molecule has 2 atom stereocenters. The van der Waals surface area contributed by atoms with Gasteiger partial charge in [-0.05, 0) is 36.2 Å². The molecular formula is C16H17F3N2O. The highest BCUT2D eigenvalue weighted by molar-refractivity contribution is 5.27. The molecule has 1 aromatic heterocycles. The van der Waals surface area contributed by atoms with Gasteiger partial charge in [0.15, 0.2) is 0 Å². The summed E-state index contributed by atoms with van der Waals surface area (Å²) >= 11 is 0. The molecule has 0 fully saturated rings. The highest BCUT2D eigenvalue weighted by Gasteiger charge is 2.30. The average molecular weight is 310 g/mol. The van der Waals surface area contributed by atoms with Crippen LogP contribution in [0.15, 0.2) is 48.8 Å². The Morgan fingerprint density at radius 3 is 2.55 bits per heavy atom. The lowest BCUT2D eigenvalue weighted by molar-refractivity contribution is -0.137. The second-order valence-electron chi connectivity index (χ2n) is 5.06. The van der Waals surface area contributed by atoms with Gasteiger partial charge in [0, 0.05) is 25.0 Å². The van der Waals surface area contributed by atoms with E-state index >= 15 is 0 Å². The van der Waals surface area contributed by atoms with Gasteiger partial charge in [-0.1, -0.05) is 18.2 Å². The van der Waals surface area contributed by atoms with Crippen molar-refractivity contribution in [2.45, 2.75) is 25.2 Å². The van der Waals surface area contributed by atoms with Crippen LogP contribution in [-0.2, 0) is 6.18 Å². The monoisotopic (exact) mass is 310 g/mol. The summed E-state index contributed by atoms with van der Waals surface area (Å²) in [5, 5.41) is 13.1. The molecule has 0 aliphatic rings. The fraction of sp³-hybridized carbons (Fsp3) is 0.312. The molecule has 0 amide bonds. The Hall–Kier alpha value is -1.92. The molecule has 1 aromatic carbocycles. The Kier molecular flexibility index (Phi) is 5.15. The molecule has 0 bridgehead atoms. The zero-order valence-corrected chi connectivity index (χ0v) is 12.0. The van der Waals surface area contributed by atoms with Gasteiger partial charge in [0.25, 0.3) is 0 Å². The van der Waals surface area contributed by atoms with Crippen molar-refractivity contribution >= 4 is 0 Å². The van der Waals surface area contributed by atoms with Gasteiger partial charge >= 0.3 is 6.18 Å². The Morgan fingerprint density at radius 1 is 1.18 bits per heavy atom. The van der Waals surface area contributed by atoms with Crippen molar-refractivity contribution < 1.29 is 18.3 Å². The minimum atomic E-state index is -4.41. The van der Waals surface area contributed by atoms with E-state index in [-0.39, 0.29) is 18.2 Å². The van der Waals surface area contributed by atoms with Gasteiger partial charge < -0.3 is 10.4 Å². The molecule has 0 spiro atoms. The number of aromatic nitrogens is 1. The standard InChI is InChI=1S/C16H17F3N2O/c1-11(13-5-3-7-20-9-13)21-10-15(22)12-4-2-6-14(8-12)16(17,18)19/h2-9,11,15,21-22H,10H2,1H3. The van der Waals surface area contributed by atoms with Gasteiger partial charge in [-0.3, -0.25) is 4.98 Å². The third-order valence-corrected chi connectivity index (χ3v) is 3.40. The van der Waals surface area contributed by atoms with Crippen LogP contribution < -0.4 is 5.32 Å². The molecule has 2 N–H and O–H groups in total. The van der Waals surface area contributed by atoms with Gasteiger partial charge in [-0.15, -0.1) is 0 Å². The highest BCUT2D eigenvalue weighted by Crippen LogP contribution is 2.30. The molecule has 22 heavy (non-hydrogen) atoms. The maximum Gasteiger partial charge on any atom is 0.416 e. The zero-order valence-electron chi connectivity index (χ0n) is 12.0. The Bertz CT molecular complexity index is 602. The molecule has 2 rings (SSSR count). The number of hydrogen-bond donors (Lipinski definition) is 2. The SMILES string of the molecule is CC(NCC(O)c1cccc(C(F)(F)F)c1)c1cccnc1. The van der Waals surface area contributed by atoms with Crippen molar-refractivity contribution in [2.24, 2.45) is 0 Å². The lowest BCUT2D eigenvalue weighted by Gasteiger charge is -2.18. The Morgan fingerprint density at radius 2 is 1.91 bits per heavy atom. The van der Waals surface area contributed by atoms with Crippen LogP contribution >= 0.6 is 0 Å². The van der Waals surface area contributed by atoms with Gasteiger partial charge in [0.2, 0.25) is 0 Å². The number of benzene rings is 1. The first-order valence-electron chi connectivity index (χ1n) is 6.86. The van der Waals surface area contributed by atoms with Gasteiger partial charge in [-0.2, -0.15) is 13.2 Å². The lowest BCUT2D eigenvalue weighted by Crippen LogP contribution is -2.25. The first kappa shape index (κ1) is 16.5. The molecule has 1 heterocycles. The molecule has 0 saturated carbocycles. The fourth-order valence-corrected chi connectivity index (χ4v) is 2.08. The first-order chi connectivity index (χ1) is 10.4. The minimum absolute atomic E-state index is 0.0610. The van der Waals surface area contributed by atoms with E-state index < -0.39 is 17.8 Å². The number of hydrogen-bond acceptors (Lipinski definition) is 3. The van der Waals surface area contributed by atoms with E-state index in [1.165, 1.54) is 12.1 Å². The third-order valence-electron chi connectivity index (χ3n) is 3.40. The Balaban J connectivity index is 1.99. The maximum atomic E-state index is 12.7. The van der Waals surface area contributed by atoms with Crippen molar-refractivity contribution in [1.82, 2.24) is 10.3 Å². The molecule has 2 unspecified atom stereocenters. The van der Waals surface area contributed by atoms with E-state index in [9.17, 15) is 18.3 Å². The second-order valence-corrected chi connectivity index (χ2v) is 5.06. The third kappa shape index (κ3) is 4.29. The number of aliphatic hydroxyl groups excluding tert-OH is 1. The van der Waals surface area contributed by atoms with Crippen LogP contribution in [0.3, 0.4) is 0 Å². The number of rotatable bonds is 5. The quantitative estimate of drug-likeness (QED) is 0.888. The smallest absolute Gasteiger partial charge is 0.387 e. The maximum absolute atomic E-state index is 12.7. The second kappa shape index (κ2) is 6.89. The number of halogens is 3. The summed E-state index contributed by atoms with van der Waals surface area (Å²) in [6, 6.07) is 8.37. The predicted molar refractivity (Wildman–Crippen MR) is 77.1 cm³/mol. The number of aliphatic hydroxyl groups is 1. The molecule has 0 aliphatic heterocycles. The summed E-state index contributed by atoms with van der Waals surface area (Å²) in [7, 11) is 0. The van der Waals surface area contributed by atoms with E-state index in [0.717, 1.165) is 17.7 Å². The van der Waals surface area contributed by atoms with Gasteiger partial charge in [0.05, 0.1) is 11.7 Å². The lowest BCUT2D eigenvalue weighted by atomic mass is 10.0. The first-order valence-corrected chi connectivity index (χ1v) is 6.86. The van der Waals surface area contributed by atoms with Crippen LogP contribution in [0, 0.1) is 0 Å². The summed E-state index contributed by atoms with van der Waals surface area (Å²) in [6.45, 7) is 2.05. The van der Waals surface area contributed by atoms with Crippen LogP contribution in [0.4, 0.5) is 13.2 Å². The minimum Gasteiger partial charge on any atom is -0.387 e. The van der Waals surface area contributed by atoms with Crippen LogP contribution in [-0.4, -0.2) is 16.6 Å². The molecule has 0 saturated heterocycles. The van der Waals surface area contributed by atoms with Crippen molar-refractivity contribution in [1.29, 1.82) is 0 Å². The summed E-state index contributed by atoms with van der Waals surface area (Å²) in [5.74, 6) is 0. The largest absolute Gasteiger partial charge is 0.416 e. The zero-order chi connectivity index (χ0) is 16.2. The van der Waals surface area contributed by atoms with E-state index in [2.05, 4.69) is 10.3 Å². The van der Waals surface area contributed by atoms with Crippen LogP contribution in [0.2, 0.25) is 0 Å². The molecular weight excluding hydrogens is 293 g/mol. The number of nitrogens with zero attached hydrogens (tertiary/aromatic N) is 1. The van der Waals surface area contributed by atoms with Gasteiger partial charge in [0.1, 0.15) is 0 Å². The summed E-state index contributed by atoms with van der Waals surface area (Å²) < 4.78 is 38.0.